The second kappa shape index (κ2) is 5.29. The van der Waals surface area contributed by atoms with E-state index in [1.807, 2.05) is 0 Å². The molecule has 4 fully saturated rings. The second-order valence-electron chi connectivity index (χ2n) is 8.18. The Labute approximate surface area is 140 Å². The van der Waals surface area contributed by atoms with Crippen LogP contribution in [-0.4, -0.2) is 26.1 Å². The van der Waals surface area contributed by atoms with Crippen molar-refractivity contribution in [1.29, 1.82) is 0 Å². The van der Waals surface area contributed by atoms with Crippen LogP contribution in [0, 0.1) is 34.8 Å². The molecule has 7 nitrogen and oxygen atoms in total. The lowest BCUT2D eigenvalue weighted by atomic mass is 9.53. The van der Waals surface area contributed by atoms with Crippen molar-refractivity contribution in [3.8, 4) is 0 Å². The molecule has 4 bridgehead atoms. The molecule has 1 N–H and O–H groups in total. The molecule has 1 heterocycles. The summed E-state index contributed by atoms with van der Waals surface area (Å²) in [5.41, 5.74) is 0.338. The van der Waals surface area contributed by atoms with Crippen LogP contribution in [0.5, 0.6) is 0 Å². The Morgan fingerprint density at radius 1 is 1.33 bits per heavy atom. The Morgan fingerprint density at radius 3 is 2.33 bits per heavy atom. The smallest absolute Gasteiger partial charge is 0.309 e. The minimum Gasteiger partial charge on any atom is -0.349 e. The summed E-state index contributed by atoms with van der Waals surface area (Å²) in [6, 6.07) is -0.535. The number of aromatic nitrogens is 2. The van der Waals surface area contributed by atoms with Crippen LogP contribution in [0.4, 0.5) is 5.69 Å². The van der Waals surface area contributed by atoms with Gasteiger partial charge in [-0.05, 0) is 70.1 Å². The zero-order chi connectivity index (χ0) is 17.1. The highest BCUT2D eigenvalue weighted by Gasteiger charge is 2.51. The van der Waals surface area contributed by atoms with Crippen molar-refractivity contribution in [1.82, 2.24) is 15.1 Å². The van der Waals surface area contributed by atoms with Crippen molar-refractivity contribution >= 4 is 11.6 Å². The zero-order valence-corrected chi connectivity index (χ0v) is 14.2. The number of nitrogens with zero attached hydrogens (tertiary/aromatic N) is 3. The number of hydrogen-bond donors (Lipinski definition) is 1. The predicted molar refractivity (Wildman–Crippen MR) is 87.4 cm³/mol. The van der Waals surface area contributed by atoms with Crippen molar-refractivity contribution in [2.24, 2.45) is 17.8 Å². The third-order valence-electron chi connectivity index (χ3n) is 6.39. The van der Waals surface area contributed by atoms with Gasteiger partial charge in [-0.15, -0.1) is 0 Å². The van der Waals surface area contributed by atoms with Crippen LogP contribution < -0.4 is 5.32 Å². The minimum atomic E-state index is -0.535. The summed E-state index contributed by atoms with van der Waals surface area (Å²) in [6.45, 7) is 3.40. The maximum absolute atomic E-state index is 12.8. The molecule has 130 valence electrons. The quantitative estimate of drug-likeness (QED) is 0.678. The first-order chi connectivity index (χ1) is 11.4. The molecule has 1 aromatic rings. The zero-order valence-electron chi connectivity index (χ0n) is 14.2. The standard InChI is InChI=1S/C17H24N4O3/c1-10-15(21(23)24)9-18-20(10)11(2)16(22)19-17-6-12-3-13(7-17)5-14(4-12)8-17/h9,11-14H,3-8H2,1-2H3,(H,19,22). The van der Waals surface area contributed by atoms with E-state index in [1.165, 1.54) is 30.1 Å². The Kier molecular flexibility index (Phi) is 3.44. The molecule has 4 aliphatic rings. The van der Waals surface area contributed by atoms with E-state index in [0.717, 1.165) is 37.0 Å². The van der Waals surface area contributed by atoms with Gasteiger partial charge in [-0.3, -0.25) is 19.6 Å². The van der Waals surface area contributed by atoms with Gasteiger partial charge in [0.2, 0.25) is 5.91 Å². The molecule has 4 aliphatic carbocycles. The third kappa shape index (κ3) is 2.41. The van der Waals surface area contributed by atoms with Crippen LogP contribution >= 0.6 is 0 Å². The number of nitro groups is 1. The SMILES string of the molecule is Cc1c([N+](=O)[O-])cnn1C(C)C(=O)NC12CC3CC(CC(C3)C1)C2. The van der Waals surface area contributed by atoms with Gasteiger partial charge in [-0.1, -0.05) is 0 Å². The number of carbonyl (C=O) groups is 1. The van der Waals surface area contributed by atoms with Gasteiger partial charge in [0.1, 0.15) is 17.9 Å². The summed E-state index contributed by atoms with van der Waals surface area (Å²) >= 11 is 0. The summed E-state index contributed by atoms with van der Waals surface area (Å²) in [6.07, 6.45) is 8.49. The summed E-state index contributed by atoms with van der Waals surface area (Å²) < 4.78 is 1.47. The summed E-state index contributed by atoms with van der Waals surface area (Å²) in [4.78, 5) is 23.3. The molecule has 0 saturated heterocycles. The van der Waals surface area contributed by atoms with E-state index in [0.29, 0.717) is 5.69 Å². The number of hydrogen-bond acceptors (Lipinski definition) is 4. The average Bonchev–Trinajstić information content (AvgIpc) is 2.86. The Hall–Kier alpha value is -1.92. The number of rotatable bonds is 4. The first kappa shape index (κ1) is 15.6. The monoisotopic (exact) mass is 332 g/mol. The Morgan fingerprint density at radius 2 is 1.88 bits per heavy atom. The molecule has 0 aromatic carbocycles. The van der Waals surface area contributed by atoms with Crippen LogP contribution in [-0.2, 0) is 4.79 Å². The predicted octanol–water partition coefficient (Wildman–Crippen LogP) is 2.75. The van der Waals surface area contributed by atoms with Gasteiger partial charge >= 0.3 is 5.69 Å². The highest BCUT2D eigenvalue weighted by molar-refractivity contribution is 5.80. The molecule has 0 spiro atoms. The lowest BCUT2D eigenvalue weighted by Gasteiger charge is -2.57. The van der Waals surface area contributed by atoms with Gasteiger partial charge in [0.15, 0.2) is 0 Å². The minimum absolute atomic E-state index is 0.0375. The van der Waals surface area contributed by atoms with Gasteiger partial charge in [0.25, 0.3) is 0 Å². The third-order valence-corrected chi connectivity index (χ3v) is 6.39. The number of amides is 1. The molecule has 1 unspecified atom stereocenters. The number of nitrogens with one attached hydrogen (secondary N) is 1. The van der Waals surface area contributed by atoms with E-state index in [1.54, 1.807) is 13.8 Å². The molecular formula is C17H24N4O3. The van der Waals surface area contributed by atoms with E-state index >= 15 is 0 Å². The Balaban J connectivity index is 1.51. The highest BCUT2D eigenvalue weighted by atomic mass is 16.6. The normalized spacial score (nSPS) is 35.0. The molecule has 24 heavy (non-hydrogen) atoms. The average molecular weight is 332 g/mol. The van der Waals surface area contributed by atoms with Crippen molar-refractivity contribution in [3.63, 3.8) is 0 Å². The first-order valence-electron chi connectivity index (χ1n) is 8.87. The van der Waals surface area contributed by atoms with E-state index in [9.17, 15) is 14.9 Å². The molecule has 1 amide bonds. The molecule has 5 rings (SSSR count). The first-order valence-corrected chi connectivity index (χ1v) is 8.87. The van der Waals surface area contributed by atoms with Gasteiger partial charge in [-0.2, -0.15) is 5.10 Å². The van der Waals surface area contributed by atoms with Gasteiger partial charge in [0, 0.05) is 5.54 Å². The maximum atomic E-state index is 12.8. The largest absolute Gasteiger partial charge is 0.349 e. The van der Waals surface area contributed by atoms with Crippen LogP contribution in [0.25, 0.3) is 0 Å². The van der Waals surface area contributed by atoms with Crippen LogP contribution in [0.1, 0.15) is 57.2 Å². The molecule has 1 atom stereocenters. The summed E-state index contributed by atoms with van der Waals surface area (Å²) in [5, 5.41) is 18.4. The van der Waals surface area contributed by atoms with E-state index in [4.69, 9.17) is 0 Å². The highest BCUT2D eigenvalue weighted by Crippen LogP contribution is 2.55. The molecule has 0 aliphatic heterocycles. The maximum Gasteiger partial charge on any atom is 0.309 e. The van der Waals surface area contributed by atoms with Crippen molar-refractivity contribution in [3.05, 3.63) is 22.0 Å². The van der Waals surface area contributed by atoms with Crippen molar-refractivity contribution in [2.75, 3.05) is 0 Å². The molecule has 1 aromatic heterocycles. The summed E-state index contributed by atoms with van der Waals surface area (Å²) in [5.74, 6) is 2.22. The van der Waals surface area contributed by atoms with Crippen LogP contribution in [0.2, 0.25) is 0 Å². The molecular weight excluding hydrogens is 308 g/mol. The van der Waals surface area contributed by atoms with E-state index in [-0.39, 0.29) is 17.1 Å². The molecule has 4 saturated carbocycles. The fourth-order valence-electron chi connectivity index (χ4n) is 5.72. The van der Waals surface area contributed by atoms with Crippen molar-refractivity contribution in [2.45, 2.75) is 64.0 Å². The fourth-order valence-corrected chi connectivity index (χ4v) is 5.72. The lowest BCUT2D eigenvalue weighted by molar-refractivity contribution is -0.385. The van der Waals surface area contributed by atoms with Crippen LogP contribution in [0.15, 0.2) is 6.20 Å². The van der Waals surface area contributed by atoms with Gasteiger partial charge in [0.05, 0.1) is 4.92 Å². The molecule has 0 radical (unpaired) electrons. The van der Waals surface area contributed by atoms with E-state index in [2.05, 4.69) is 10.4 Å². The van der Waals surface area contributed by atoms with Crippen molar-refractivity contribution < 1.29 is 9.72 Å². The topological polar surface area (TPSA) is 90.1 Å². The molecule has 7 heteroatoms. The van der Waals surface area contributed by atoms with E-state index < -0.39 is 11.0 Å². The fraction of sp³-hybridized carbons (Fsp3) is 0.765. The van der Waals surface area contributed by atoms with Gasteiger partial charge < -0.3 is 5.32 Å². The van der Waals surface area contributed by atoms with Crippen LogP contribution in [0.3, 0.4) is 0 Å². The number of carbonyl (C=O) groups excluding carboxylic acids is 1. The Bertz CT molecular complexity index is 661. The lowest BCUT2D eigenvalue weighted by Crippen LogP contribution is -2.60. The van der Waals surface area contributed by atoms with Gasteiger partial charge in [-0.25, -0.2) is 0 Å². The summed E-state index contributed by atoms with van der Waals surface area (Å²) in [7, 11) is 0. The second-order valence-corrected chi connectivity index (χ2v) is 8.18.